The van der Waals surface area contributed by atoms with Gasteiger partial charge in [-0.25, -0.2) is 9.78 Å². The van der Waals surface area contributed by atoms with Gasteiger partial charge in [0.1, 0.15) is 5.75 Å². The minimum absolute atomic E-state index is 0.131. The van der Waals surface area contributed by atoms with E-state index in [2.05, 4.69) is 15.0 Å². The molecule has 0 spiro atoms. The summed E-state index contributed by atoms with van der Waals surface area (Å²) < 4.78 is 5.63. The minimum atomic E-state index is -0.244. The average Bonchev–Trinajstić information content (AvgIpc) is 2.64. The molecule has 92 valence electrons. The monoisotopic (exact) mass is 243 g/mol. The number of imidazole rings is 1. The molecule has 2 N–H and O–H groups in total. The number of nitrogens with zero attached hydrogens (tertiary/aromatic N) is 1. The minimum Gasteiger partial charge on any atom is -0.491 e. The first-order valence-corrected chi connectivity index (χ1v) is 5.81. The molecule has 3 aromatic rings. The molecule has 0 saturated carbocycles. The molecule has 1 aromatic carbocycles. The predicted molar refractivity (Wildman–Crippen MR) is 70.0 cm³/mol. The smallest absolute Gasteiger partial charge is 0.325 e. The number of ether oxygens (including phenoxy) is 1. The van der Waals surface area contributed by atoms with E-state index in [0.29, 0.717) is 11.2 Å². The van der Waals surface area contributed by atoms with E-state index >= 15 is 0 Å². The topological polar surface area (TPSA) is 70.8 Å². The zero-order chi connectivity index (χ0) is 12.7. The fourth-order valence-corrected chi connectivity index (χ4v) is 1.95. The van der Waals surface area contributed by atoms with Gasteiger partial charge in [-0.05, 0) is 38.1 Å². The lowest BCUT2D eigenvalue weighted by atomic mass is 10.2. The van der Waals surface area contributed by atoms with Crippen LogP contribution < -0.4 is 10.4 Å². The normalized spacial score (nSPS) is 11.5. The van der Waals surface area contributed by atoms with Gasteiger partial charge in [0.15, 0.2) is 5.65 Å². The van der Waals surface area contributed by atoms with Crippen LogP contribution in [0.5, 0.6) is 5.75 Å². The van der Waals surface area contributed by atoms with Gasteiger partial charge in [0.2, 0.25) is 0 Å². The summed E-state index contributed by atoms with van der Waals surface area (Å²) in [6, 6.07) is 7.58. The maximum atomic E-state index is 11.2. The Morgan fingerprint density at radius 3 is 2.83 bits per heavy atom. The van der Waals surface area contributed by atoms with Gasteiger partial charge in [0, 0.05) is 5.39 Å². The van der Waals surface area contributed by atoms with Crippen LogP contribution in [0.15, 0.2) is 29.1 Å². The van der Waals surface area contributed by atoms with Gasteiger partial charge in [-0.3, -0.25) is 4.98 Å². The molecule has 0 aliphatic rings. The molecule has 0 radical (unpaired) electrons. The van der Waals surface area contributed by atoms with E-state index in [1.54, 1.807) is 0 Å². The molecule has 0 atom stereocenters. The van der Waals surface area contributed by atoms with Gasteiger partial charge >= 0.3 is 5.69 Å². The highest BCUT2D eigenvalue weighted by Crippen LogP contribution is 2.22. The molecule has 3 rings (SSSR count). The molecule has 0 aliphatic carbocycles. The molecule has 0 unspecified atom stereocenters. The van der Waals surface area contributed by atoms with Crippen molar-refractivity contribution in [2.45, 2.75) is 20.0 Å². The molecule has 2 heterocycles. The van der Waals surface area contributed by atoms with Crippen LogP contribution in [0.1, 0.15) is 13.8 Å². The number of aromatic nitrogens is 3. The maximum Gasteiger partial charge on any atom is 0.325 e. The summed E-state index contributed by atoms with van der Waals surface area (Å²) in [5.41, 5.74) is 1.86. The van der Waals surface area contributed by atoms with Crippen molar-refractivity contribution >= 4 is 22.1 Å². The van der Waals surface area contributed by atoms with E-state index in [9.17, 15) is 4.79 Å². The summed E-state index contributed by atoms with van der Waals surface area (Å²) in [5.74, 6) is 0.802. The van der Waals surface area contributed by atoms with Gasteiger partial charge in [-0.1, -0.05) is 0 Å². The van der Waals surface area contributed by atoms with Crippen molar-refractivity contribution in [3.05, 3.63) is 34.7 Å². The molecular formula is C13H13N3O2. The van der Waals surface area contributed by atoms with Crippen LogP contribution >= 0.6 is 0 Å². The first kappa shape index (κ1) is 10.8. The number of rotatable bonds is 2. The highest BCUT2D eigenvalue weighted by Gasteiger charge is 2.05. The maximum absolute atomic E-state index is 11.2. The largest absolute Gasteiger partial charge is 0.491 e. The van der Waals surface area contributed by atoms with Crippen LogP contribution in [-0.2, 0) is 0 Å². The van der Waals surface area contributed by atoms with Crippen molar-refractivity contribution in [1.82, 2.24) is 15.0 Å². The number of pyridine rings is 1. The molecule has 0 saturated heterocycles. The molecule has 0 amide bonds. The summed E-state index contributed by atoms with van der Waals surface area (Å²) in [7, 11) is 0. The van der Waals surface area contributed by atoms with Gasteiger partial charge in [-0.2, -0.15) is 0 Å². The van der Waals surface area contributed by atoms with Gasteiger partial charge in [0.25, 0.3) is 0 Å². The lowest BCUT2D eigenvalue weighted by Crippen LogP contribution is -2.05. The lowest BCUT2D eigenvalue weighted by Gasteiger charge is -2.09. The third-order valence-electron chi connectivity index (χ3n) is 2.64. The van der Waals surface area contributed by atoms with E-state index in [1.165, 1.54) is 0 Å². The van der Waals surface area contributed by atoms with Crippen molar-refractivity contribution in [2.75, 3.05) is 0 Å². The Morgan fingerprint density at radius 2 is 2.06 bits per heavy atom. The molecule has 0 bridgehead atoms. The van der Waals surface area contributed by atoms with E-state index in [-0.39, 0.29) is 11.8 Å². The predicted octanol–water partition coefficient (Wildman–Crippen LogP) is 2.19. The molecule has 0 fully saturated rings. The van der Waals surface area contributed by atoms with Crippen molar-refractivity contribution in [3.63, 3.8) is 0 Å². The third kappa shape index (κ3) is 1.84. The van der Waals surface area contributed by atoms with E-state index in [1.807, 2.05) is 38.1 Å². The van der Waals surface area contributed by atoms with Crippen LogP contribution in [-0.4, -0.2) is 21.1 Å². The van der Waals surface area contributed by atoms with Crippen LogP contribution in [0.3, 0.4) is 0 Å². The number of nitrogens with one attached hydrogen (secondary N) is 2. The molecule has 0 aliphatic heterocycles. The first-order chi connectivity index (χ1) is 8.61. The summed E-state index contributed by atoms with van der Waals surface area (Å²) in [6.45, 7) is 3.96. The van der Waals surface area contributed by atoms with Gasteiger partial charge < -0.3 is 9.72 Å². The van der Waals surface area contributed by atoms with Crippen molar-refractivity contribution in [1.29, 1.82) is 0 Å². The van der Waals surface area contributed by atoms with Gasteiger partial charge in [0.05, 0.1) is 17.1 Å². The van der Waals surface area contributed by atoms with Crippen molar-refractivity contribution in [3.8, 4) is 5.75 Å². The Kier molecular flexibility index (Phi) is 2.33. The highest BCUT2D eigenvalue weighted by molar-refractivity contribution is 5.89. The summed E-state index contributed by atoms with van der Waals surface area (Å²) in [4.78, 5) is 20.9. The third-order valence-corrected chi connectivity index (χ3v) is 2.64. The van der Waals surface area contributed by atoms with Crippen LogP contribution in [0.4, 0.5) is 0 Å². The fourth-order valence-electron chi connectivity index (χ4n) is 1.95. The summed E-state index contributed by atoms with van der Waals surface area (Å²) in [5, 5.41) is 0.941. The zero-order valence-corrected chi connectivity index (χ0v) is 10.2. The number of hydrogen-bond donors (Lipinski definition) is 2. The molecule has 18 heavy (non-hydrogen) atoms. The molecule has 2 aromatic heterocycles. The number of fused-ring (bicyclic) bond motifs is 2. The number of benzene rings is 1. The number of aromatic amines is 2. The second kappa shape index (κ2) is 3.87. The summed E-state index contributed by atoms with van der Waals surface area (Å²) in [6.07, 6.45) is 0.131. The molecule has 5 heteroatoms. The van der Waals surface area contributed by atoms with Crippen molar-refractivity contribution < 1.29 is 4.74 Å². The first-order valence-electron chi connectivity index (χ1n) is 5.81. The Hall–Kier alpha value is -2.30. The summed E-state index contributed by atoms with van der Waals surface area (Å²) >= 11 is 0. The van der Waals surface area contributed by atoms with E-state index in [0.717, 1.165) is 16.7 Å². The van der Waals surface area contributed by atoms with Crippen LogP contribution in [0.25, 0.3) is 22.1 Å². The lowest BCUT2D eigenvalue weighted by molar-refractivity contribution is 0.243. The van der Waals surface area contributed by atoms with Crippen molar-refractivity contribution in [2.24, 2.45) is 0 Å². The Bertz CT molecular complexity index is 771. The van der Waals surface area contributed by atoms with Crippen LogP contribution in [0, 0.1) is 0 Å². The zero-order valence-electron chi connectivity index (χ0n) is 10.2. The van der Waals surface area contributed by atoms with E-state index < -0.39 is 0 Å². The number of H-pyrrole nitrogens is 2. The fraction of sp³-hybridized carbons (Fsp3) is 0.231. The SMILES string of the molecule is CC(C)Oc1ccc2nc3[nH]c(=O)[nH]c3cc2c1. The second-order valence-corrected chi connectivity index (χ2v) is 4.48. The molecular weight excluding hydrogens is 230 g/mol. The Labute approximate surface area is 103 Å². The highest BCUT2D eigenvalue weighted by atomic mass is 16.5. The van der Waals surface area contributed by atoms with Crippen LogP contribution in [0.2, 0.25) is 0 Å². The molecule has 5 nitrogen and oxygen atoms in total. The standard InChI is InChI=1S/C13H13N3O2/c1-7(2)18-9-3-4-10-8(5-9)6-11-12(14-10)16-13(17)15-11/h3-7H,1-2H3,(H2,14,15,16,17). The average molecular weight is 243 g/mol. The second-order valence-electron chi connectivity index (χ2n) is 4.48. The van der Waals surface area contributed by atoms with E-state index in [4.69, 9.17) is 4.74 Å². The Balaban J connectivity index is 2.20. The van der Waals surface area contributed by atoms with Gasteiger partial charge in [-0.15, -0.1) is 0 Å². The Morgan fingerprint density at radius 1 is 1.22 bits per heavy atom. The quantitative estimate of drug-likeness (QED) is 0.724. The number of hydrogen-bond acceptors (Lipinski definition) is 3.